The fourth-order valence-electron chi connectivity index (χ4n) is 6.07. The molecule has 4 nitrogen and oxygen atoms in total. The lowest BCUT2D eigenvalue weighted by Crippen LogP contribution is -2.67. The van der Waals surface area contributed by atoms with Crippen molar-refractivity contribution in [3.05, 3.63) is 84.6 Å². The summed E-state index contributed by atoms with van der Waals surface area (Å²) in [6.07, 6.45) is 5.65. The Kier molecular flexibility index (Phi) is 5.28. The number of hydrogen-bond acceptors (Lipinski definition) is 3. The molecule has 1 N–H and O–H groups in total. The Hall–Kier alpha value is -2.69. The molecule has 0 amide bonds. The monoisotopic (exact) mass is 415 g/mol. The lowest BCUT2D eigenvalue weighted by atomic mass is 9.71. The third-order valence-electron chi connectivity index (χ3n) is 7.68. The lowest BCUT2D eigenvalue weighted by molar-refractivity contribution is -0.984. The maximum Gasteiger partial charge on any atom is 0.131 e. The third kappa shape index (κ3) is 3.54. The molecule has 2 bridgehead atoms. The maximum atomic E-state index is 11.8. The number of pyridine rings is 1. The highest BCUT2D eigenvalue weighted by molar-refractivity contribution is 5.83. The Morgan fingerprint density at radius 2 is 2.06 bits per heavy atom. The van der Waals surface area contributed by atoms with Crippen molar-refractivity contribution in [1.29, 1.82) is 0 Å². The van der Waals surface area contributed by atoms with E-state index in [1.54, 1.807) is 7.11 Å². The first-order valence-corrected chi connectivity index (χ1v) is 11.3. The van der Waals surface area contributed by atoms with Gasteiger partial charge in [0.25, 0.3) is 0 Å². The smallest absolute Gasteiger partial charge is 0.131 e. The summed E-state index contributed by atoms with van der Waals surface area (Å²) in [6, 6.07) is 18.8. The van der Waals surface area contributed by atoms with Crippen molar-refractivity contribution >= 4 is 10.9 Å². The number of fused-ring (bicyclic) bond motifs is 4. The molecular formula is C27H31N2O2+. The average molecular weight is 416 g/mol. The standard InChI is InChI=1S/C27H31N2O2/c1-3-20-18-29(17-19-7-5-4-6-8-19)14-12-21(20)15-26(29)27(30)23-11-13-28-25-10-9-22(31-2)16-24(23)25/h3-11,13,16,20-21,26-27,30H,1,12,14-15,17-18H2,2H3/q+1/t20?,21-,26+,27-,29-/m0/s1. The van der Waals surface area contributed by atoms with E-state index in [1.165, 1.54) is 12.0 Å². The summed E-state index contributed by atoms with van der Waals surface area (Å²) in [5.74, 6) is 1.92. The Morgan fingerprint density at radius 3 is 2.84 bits per heavy atom. The largest absolute Gasteiger partial charge is 0.497 e. The van der Waals surface area contributed by atoms with Crippen LogP contribution in [0.3, 0.4) is 0 Å². The minimum Gasteiger partial charge on any atom is -0.497 e. The number of benzene rings is 2. The number of rotatable bonds is 6. The molecule has 1 aromatic heterocycles. The number of aliphatic hydroxyl groups is 1. The first-order valence-electron chi connectivity index (χ1n) is 11.3. The van der Waals surface area contributed by atoms with Gasteiger partial charge in [-0.1, -0.05) is 36.4 Å². The second kappa shape index (κ2) is 8.10. The Bertz CT molecular complexity index is 1080. The van der Waals surface area contributed by atoms with Gasteiger partial charge in [0, 0.05) is 35.9 Å². The minimum absolute atomic E-state index is 0.159. The first-order chi connectivity index (χ1) is 15.1. The molecule has 6 rings (SSSR count). The second-order valence-corrected chi connectivity index (χ2v) is 9.25. The Morgan fingerprint density at radius 1 is 1.23 bits per heavy atom. The zero-order valence-electron chi connectivity index (χ0n) is 18.2. The van der Waals surface area contributed by atoms with Gasteiger partial charge in [0.1, 0.15) is 24.4 Å². The van der Waals surface area contributed by atoms with Crippen LogP contribution < -0.4 is 4.74 Å². The van der Waals surface area contributed by atoms with Crippen molar-refractivity contribution in [3.63, 3.8) is 0 Å². The fraction of sp³-hybridized carbons (Fsp3) is 0.370. The molecule has 3 aromatic rings. The van der Waals surface area contributed by atoms with Crippen LogP contribution in [0.2, 0.25) is 0 Å². The minimum atomic E-state index is -0.546. The van der Waals surface area contributed by atoms with Crippen molar-refractivity contribution < 1.29 is 14.3 Å². The van der Waals surface area contributed by atoms with Crippen LogP contribution in [0.4, 0.5) is 0 Å². The number of aliphatic hydroxyl groups excluding tert-OH is 1. The van der Waals surface area contributed by atoms with E-state index in [0.29, 0.717) is 11.8 Å². The van der Waals surface area contributed by atoms with Gasteiger partial charge in [-0.3, -0.25) is 4.98 Å². The molecule has 3 fully saturated rings. The van der Waals surface area contributed by atoms with Crippen LogP contribution in [-0.4, -0.2) is 40.8 Å². The number of piperidine rings is 3. The highest BCUT2D eigenvalue weighted by Crippen LogP contribution is 2.48. The summed E-state index contributed by atoms with van der Waals surface area (Å²) < 4.78 is 6.38. The van der Waals surface area contributed by atoms with Crippen LogP contribution in [0.1, 0.15) is 30.1 Å². The van der Waals surface area contributed by atoms with Crippen LogP contribution >= 0.6 is 0 Å². The topological polar surface area (TPSA) is 42.4 Å². The molecule has 0 radical (unpaired) electrons. The lowest BCUT2D eigenvalue weighted by Gasteiger charge is -2.58. The molecular weight excluding hydrogens is 384 g/mol. The van der Waals surface area contributed by atoms with E-state index < -0.39 is 6.10 Å². The molecule has 1 unspecified atom stereocenters. The van der Waals surface area contributed by atoms with Crippen molar-refractivity contribution in [1.82, 2.24) is 4.98 Å². The van der Waals surface area contributed by atoms with Crippen LogP contribution in [0.15, 0.2) is 73.4 Å². The Balaban J connectivity index is 1.56. The molecule has 2 aromatic carbocycles. The van der Waals surface area contributed by atoms with E-state index in [-0.39, 0.29) is 6.04 Å². The number of quaternary nitrogens is 1. The molecule has 31 heavy (non-hydrogen) atoms. The van der Waals surface area contributed by atoms with Gasteiger partial charge in [0.05, 0.1) is 25.7 Å². The molecule has 3 aliphatic heterocycles. The van der Waals surface area contributed by atoms with Crippen LogP contribution in [-0.2, 0) is 6.54 Å². The zero-order valence-corrected chi connectivity index (χ0v) is 18.2. The maximum absolute atomic E-state index is 11.8. The summed E-state index contributed by atoms with van der Waals surface area (Å²) in [7, 11) is 1.68. The van der Waals surface area contributed by atoms with Gasteiger partial charge in [-0.15, -0.1) is 6.58 Å². The van der Waals surface area contributed by atoms with Crippen molar-refractivity contribution in [2.24, 2.45) is 11.8 Å². The summed E-state index contributed by atoms with van der Waals surface area (Å²) >= 11 is 0. The first kappa shape index (κ1) is 20.2. The normalized spacial score (nSPS) is 28.4. The van der Waals surface area contributed by atoms with Crippen LogP contribution in [0.25, 0.3) is 10.9 Å². The van der Waals surface area contributed by atoms with E-state index in [0.717, 1.165) is 52.8 Å². The van der Waals surface area contributed by atoms with Gasteiger partial charge in [-0.2, -0.15) is 0 Å². The Labute approximate surface area is 184 Å². The SMILES string of the molecule is C=CC1C[N@@+]2(Cc3ccccc3)CC[C@H]1C[C@@H]2[C@@H](O)c1ccnc2ccc(OC)cc12. The van der Waals surface area contributed by atoms with E-state index >= 15 is 0 Å². The van der Waals surface area contributed by atoms with Gasteiger partial charge in [0.15, 0.2) is 0 Å². The predicted molar refractivity (Wildman–Crippen MR) is 124 cm³/mol. The summed E-state index contributed by atoms with van der Waals surface area (Å²) in [6.45, 7) is 7.25. The summed E-state index contributed by atoms with van der Waals surface area (Å²) in [5.41, 5.74) is 3.19. The van der Waals surface area contributed by atoms with Crippen molar-refractivity contribution in [2.75, 3.05) is 20.2 Å². The predicted octanol–water partition coefficient (Wildman–Crippen LogP) is 4.89. The second-order valence-electron chi connectivity index (χ2n) is 9.25. The number of ether oxygens (including phenoxy) is 1. The number of hydrogen-bond donors (Lipinski definition) is 1. The van der Waals surface area contributed by atoms with Gasteiger partial charge in [0.2, 0.25) is 0 Å². The molecule has 5 atom stereocenters. The van der Waals surface area contributed by atoms with Crippen LogP contribution in [0.5, 0.6) is 5.75 Å². The summed E-state index contributed by atoms with van der Waals surface area (Å²) in [5, 5.41) is 12.8. The molecule has 3 saturated heterocycles. The van der Waals surface area contributed by atoms with Gasteiger partial charge in [-0.25, -0.2) is 0 Å². The summed E-state index contributed by atoms with van der Waals surface area (Å²) in [4.78, 5) is 4.52. The molecule has 4 heteroatoms. The van der Waals surface area contributed by atoms with Crippen LogP contribution in [0, 0.1) is 11.8 Å². The fourth-order valence-corrected chi connectivity index (χ4v) is 6.07. The van der Waals surface area contributed by atoms with Crippen molar-refractivity contribution in [2.45, 2.75) is 31.5 Å². The highest BCUT2D eigenvalue weighted by Gasteiger charge is 2.53. The number of methoxy groups -OCH3 is 1. The molecule has 3 aliphatic rings. The number of aromatic nitrogens is 1. The van der Waals surface area contributed by atoms with E-state index in [9.17, 15) is 5.11 Å². The molecule has 160 valence electrons. The van der Waals surface area contributed by atoms with Crippen molar-refractivity contribution in [3.8, 4) is 5.75 Å². The highest BCUT2D eigenvalue weighted by atomic mass is 16.5. The van der Waals surface area contributed by atoms with Gasteiger partial charge in [-0.05, 0) is 35.7 Å². The van der Waals surface area contributed by atoms with E-state index in [2.05, 4.69) is 48.0 Å². The third-order valence-corrected chi connectivity index (χ3v) is 7.68. The molecule has 0 spiro atoms. The molecule has 0 aliphatic carbocycles. The van der Waals surface area contributed by atoms with E-state index in [4.69, 9.17) is 4.74 Å². The van der Waals surface area contributed by atoms with Gasteiger partial charge >= 0.3 is 0 Å². The molecule has 4 heterocycles. The number of nitrogens with zero attached hydrogens (tertiary/aromatic N) is 2. The molecule has 0 saturated carbocycles. The van der Waals surface area contributed by atoms with Gasteiger partial charge < -0.3 is 14.3 Å². The average Bonchev–Trinajstić information content (AvgIpc) is 2.83. The quantitative estimate of drug-likeness (QED) is 0.460. The van der Waals surface area contributed by atoms with E-state index in [1.807, 2.05) is 30.5 Å². The zero-order chi connectivity index (χ0) is 21.4.